The van der Waals surface area contributed by atoms with E-state index in [1.54, 1.807) is 29.3 Å². The molecule has 0 aromatic carbocycles. The van der Waals surface area contributed by atoms with E-state index in [2.05, 4.69) is 10.3 Å². The zero-order valence-electron chi connectivity index (χ0n) is 19.5. The summed E-state index contributed by atoms with van der Waals surface area (Å²) in [6.45, 7) is 5.07. The van der Waals surface area contributed by atoms with Gasteiger partial charge >= 0.3 is 5.97 Å². The Labute approximate surface area is 211 Å². The summed E-state index contributed by atoms with van der Waals surface area (Å²) in [7, 11) is 1.25. The summed E-state index contributed by atoms with van der Waals surface area (Å²) in [5.41, 5.74) is 0.116. The lowest BCUT2D eigenvalue weighted by Crippen LogP contribution is -2.57. The van der Waals surface area contributed by atoms with Gasteiger partial charge in [-0.2, -0.15) is 0 Å². The number of esters is 1. The molecule has 4 heterocycles. The summed E-state index contributed by atoms with van der Waals surface area (Å²) >= 11 is 6.53. The summed E-state index contributed by atoms with van der Waals surface area (Å²) in [6.07, 6.45) is 2.87. The number of carbonyl (C=O) groups excluding carboxylic acids is 3. The van der Waals surface area contributed by atoms with Gasteiger partial charge in [0.15, 0.2) is 0 Å². The molecule has 2 aliphatic heterocycles. The van der Waals surface area contributed by atoms with E-state index in [1.807, 2.05) is 13.8 Å². The second-order valence-electron chi connectivity index (χ2n) is 8.55. The van der Waals surface area contributed by atoms with E-state index in [-0.39, 0.29) is 35.5 Å². The van der Waals surface area contributed by atoms with E-state index in [1.165, 1.54) is 22.5 Å². The Morgan fingerprint density at radius 2 is 2.11 bits per heavy atom. The molecule has 0 radical (unpaired) electrons. The van der Waals surface area contributed by atoms with E-state index < -0.39 is 17.6 Å². The summed E-state index contributed by atoms with van der Waals surface area (Å²) in [5.74, 6) is -0.776. The van der Waals surface area contributed by atoms with Crippen LogP contribution in [-0.2, 0) is 19.1 Å². The van der Waals surface area contributed by atoms with Gasteiger partial charge in [-0.25, -0.2) is 4.98 Å². The van der Waals surface area contributed by atoms with Crippen molar-refractivity contribution in [1.29, 1.82) is 0 Å². The zero-order valence-corrected chi connectivity index (χ0v) is 21.1. The average Bonchev–Trinajstić information content (AvgIpc) is 3.09. The molecular formula is C23H25N5O5S2. The average molecular weight is 516 g/mol. The fourth-order valence-electron chi connectivity index (χ4n) is 4.00. The molecule has 2 aromatic rings. The third-order valence-corrected chi connectivity index (χ3v) is 7.01. The molecule has 2 fully saturated rings. The smallest absolute Gasteiger partial charge is 0.308 e. The van der Waals surface area contributed by atoms with Crippen molar-refractivity contribution in [2.75, 3.05) is 31.6 Å². The Kier molecular flexibility index (Phi) is 7.22. The number of amides is 2. The van der Waals surface area contributed by atoms with Gasteiger partial charge in [0.25, 0.3) is 11.5 Å². The summed E-state index contributed by atoms with van der Waals surface area (Å²) in [6, 6.07) is 4.21. The first-order valence-electron chi connectivity index (χ1n) is 11.1. The number of rotatable bonds is 6. The largest absolute Gasteiger partial charge is 0.469 e. The number of pyridine rings is 1. The van der Waals surface area contributed by atoms with Crippen LogP contribution in [0.25, 0.3) is 11.7 Å². The number of carbonyl (C=O) groups is 3. The third kappa shape index (κ3) is 4.94. The number of fused-ring (bicyclic) bond motifs is 1. The third-order valence-electron chi connectivity index (χ3n) is 5.64. The highest BCUT2D eigenvalue weighted by molar-refractivity contribution is 8.26. The van der Waals surface area contributed by atoms with E-state index in [9.17, 15) is 19.2 Å². The Bertz CT molecular complexity index is 1300. The lowest BCUT2D eigenvalue weighted by atomic mass is 10.1. The molecular weight excluding hydrogens is 490 g/mol. The minimum Gasteiger partial charge on any atom is -0.469 e. The summed E-state index contributed by atoms with van der Waals surface area (Å²) < 4.78 is 6.58. The van der Waals surface area contributed by atoms with Crippen molar-refractivity contribution >= 4 is 63.6 Å². The van der Waals surface area contributed by atoms with Gasteiger partial charge in [-0.3, -0.25) is 28.5 Å². The van der Waals surface area contributed by atoms with Crippen LogP contribution in [0.15, 0.2) is 34.1 Å². The lowest BCUT2D eigenvalue weighted by Gasteiger charge is -2.36. The van der Waals surface area contributed by atoms with E-state index >= 15 is 0 Å². The molecule has 1 N–H and O–H groups in total. The number of nitrogens with zero attached hydrogens (tertiary/aromatic N) is 4. The topological polar surface area (TPSA) is 113 Å². The monoisotopic (exact) mass is 515 g/mol. The van der Waals surface area contributed by atoms with Gasteiger partial charge in [-0.05, 0) is 24.1 Å². The highest BCUT2D eigenvalue weighted by atomic mass is 32.2. The predicted octanol–water partition coefficient (Wildman–Crippen LogP) is 1.42. The molecule has 4 rings (SSSR count). The molecule has 184 valence electrons. The van der Waals surface area contributed by atoms with E-state index in [0.717, 1.165) is 11.8 Å². The first kappa shape index (κ1) is 24.9. The van der Waals surface area contributed by atoms with Crippen molar-refractivity contribution in [3.8, 4) is 0 Å². The molecule has 1 atom stereocenters. The summed E-state index contributed by atoms with van der Waals surface area (Å²) in [5, 5.41) is 2.75. The summed E-state index contributed by atoms with van der Waals surface area (Å²) in [4.78, 5) is 59.6. The Balaban J connectivity index is 1.87. The predicted molar refractivity (Wildman–Crippen MR) is 137 cm³/mol. The van der Waals surface area contributed by atoms with Gasteiger partial charge in [0.05, 0.1) is 24.0 Å². The number of thioether (sulfide) groups is 1. The molecule has 2 amide bonds. The number of anilines is 1. The molecule has 2 aliphatic rings. The minimum absolute atomic E-state index is 0.142. The molecule has 0 unspecified atom stereocenters. The Morgan fingerprint density at radius 1 is 1.34 bits per heavy atom. The number of aromatic nitrogens is 2. The van der Waals surface area contributed by atoms with Gasteiger partial charge in [0, 0.05) is 25.8 Å². The van der Waals surface area contributed by atoms with Crippen LogP contribution in [0.3, 0.4) is 0 Å². The number of methoxy groups -OCH3 is 1. The second-order valence-corrected chi connectivity index (χ2v) is 10.2. The maximum atomic E-state index is 13.6. The van der Waals surface area contributed by atoms with Crippen LogP contribution < -0.4 is 15.8 Å². The van der Waals surface area contributed by atoms with Crippen LogP contribution in [0, 0.1) is 5.92 Å². The number of thiocarbonyl (C=S) groups is 1. The van der Waals surface area contributed by atoms with Crippen molar-refractivity contribution in [2.24, 2.45) is 5.92 Å². The maximum Gasteiger partial charge on any atom is 0.308 e. The maximum absolute atomic E-state index is 13.6. The highest BCUT2D eigenvalue weighted by Gasteiger charge is 2.36. The van der Waals surface area contributed by atoms with Crippen molar-refractivity contribution < 1.29 is 19.1 Å². The van der Waals surface area contributed by atoms with Gasteiger partial charge in [0.2, 0.25) is 5.91 Å². The molecule has 2 saturated heterocycles. The van der Waals surface area contributed by atoms with Crippen LogP contribution >= 0.6 is 24.0 Å². The normalized spacial score (nSPS) is 19.7. The molecule has 2 aromatic heterocycles. The molecule has 0 aliphatic carbocycles. The number of nitrogens with one attached hydrogen (secondary N) is 1. The Hall–Kier alpha value is -3.25. The molecule has 10 nitrogen and oxygen atoms in total. The van der Waals surface area contributed by atoms with Gasteiger partial charge in [-0.1, -0.05) is 43.9 Å². The van der Waals surface area contributed by atoms with Gasteiger partial charge in [0.1, 0.15) is 21.8 Å². The fourth-order valence-corrected chi connectivity index (χ4v) is 5.26. The highest BCUT2D eigenvalue weighted by Crippen LogP contribution is 2.34. The van der Waals surface area contributed by atoms with Crippen molar-refractivity contribution in [3.05, 3.63) is 45.2 Å². The fraction of sp³-hybridized carbons (Fsp3) is 0.391. The van der Waals surface area contributed by atoms with Crippen molar-refractivity contribution in [2.45, 2.75) is 26.3 Å². The quantitative estimate of drug-likeness (QED) is 0.347. The second kappa shape index (κ2) is 10.2. The van der Waals surface area contributed by atoms with Crippen molar-refractivity contribution in [3.63, 3.8) is 0 Å². The molecule has 35 heavy (non-hydrogen) atoms. The number of hydrogen-bond acceptors (Lipinski definition) is 9. The first-order chi connectivity index (χ1) is 16.7. The first-order valence-corrected chi connectivity index (χ1v) is 12.3. The van der Waals surface area contributed by atoms with Crippen LogP contribution in [0.4, 0.5) is 5.82 Å². The number of piperazine rings is 1. The van der Waals surface area contributed by atoms with E-state index in [0.29, 0.717) is 34.5 Å². The molecule has 0 spiro atoms. The van der Waals surface area contributed by atoms with Crippen molar-refractivity contribution in [1.82, 2.24) is 19.6 Å². The van der Waals surface area contributed by atoms with Crippen LogP contribution in [-0.4, -0.2) is 69.2 Å². The number of ether oxygens (including phenoxy) is 1. The standard InChI is InChI=1S/C23H25N5O5S2/c1-13(2)12-28-22(32)16(35-23(28)34)10-14-19(25-17-6-4-5-8-27(17)21(14)31)26-9-7-24-20(30)15(26)11-18(29)33-3/h4-6,8,10,13,15H,7,9,11-12H2,1-3H3,(H,24,30)/b16-10-/t15-/m1/s1. The molecule has 0 saturated carbocycles. The SMILES string of the molecule is COC(=O)C[C@@H]1C(=O)NCCN1c1nc2ccccn2c(=O)c1/C=C1\SC(=S)N(CC(C)C)C1=O. The van der Waals surface area contributed by atoms with Crippen LogP contribution in [0.5, 0.6) is 0 Å². The molecule has 0 bridgehead atoms. The zero-order chi connectivity index (χ0) is 25.3. The Morgan fingerprint density at radius 3 is 2.83 bits per heavy atom. The van der Waals surface area contributed by atoms with E-state index in [4.69, 9.17) is 17.0 Å². The van der Waals surface area contributed by atoms with Gasteiger partial charge < -0.3 is 15.0 Å². The van der Waals surface area contributed by atoms with Gasteiger partial charge in [-0.15, -0.1) is 0 Å². The number of hydrogen-bond donors (Lipinski definition) is 1. The minimum atomic E-state index is -0.920. The van der Waals surface area contributed by atoms with Crippen LogP contribution in [0.1, 0.15) is 25.8 Å². The van der Waals surface area contributed by atoms with Crippen LogP contribution in [0.2, 0.25) is 0 Å². The molecule has 12 heteroatoms. The lowest BCUT2D eigenvalue weighted by molar-refractivity contribution is -0.143.